The molecule has 4 aromatic carbocycles. The summed E-state index contributed by atoms with van der Waals surface area (Å²) in [5.41, 5.74) is 2.47. The second kappa shape index (κ2) is 15.0. The lowest BCUT2D eigenvalue weighted by Crippen LogP contribution is -2.29. The minimum Gasteiger partial charge on any atom is -0.481 e. The fraction of sp³-hybridized carbons (Fsp3) is 0.184. The number of aromatic nitrogens is 1. The molecule has 1 unspecified atom stereocenters. The van der Waals surface area contributed by atoms with E-state index in [1.165, 1.54) is 16.7 Å². The summed E-state index contributed by atoms with van der Waals surface area (Å²) in [6.07, 6.45) is 2.00. The van der Waals surface area contributed by atoms with Crippen molar-refractivity contribution in [2.75, 3.05) is 23.7 Å². The topological polar surface area (TPSA) is 184 Å². The standard InChI is InChI=1S/C38H34N4O8S/c1-42-28-17-16-26(40-23-15-18-29(51(49)50)27(20-23)41-30(43)21-39-19-9-3-6-14-31(44)45)33-34(28)32(24-12-7-8-13-25(24)37(33)47)35(38(42)48)36(46)22-10-4-2-5-11-22/h2,4-5,7-8,10-13,15-18,20,39-40H,3,6,9,14,19,21H2,1H3,(H,41,43)(H,44,45)(H,49,50). The van der Waals surface area contributed by atoms with Crippen LogP contribution in [0.15, 0.2) is 94.6 Å². The molecule has 51 heavy (non-hydrogen) atoms. The van der Waals surface area contributed by atoms with Gasteiger partial charge in [-0.3, -0.25) is 24.0 Å². The summed E-state index contributed by atoms with van der Waals surface area (Å²) in [5, 5.41) is 18.1. The largest absolute Gasteiger partial charge is 0.481 e. The molecule has 260 valence electrons. The van der Waals surface area contributed by atoms with E-state index in [1.54, 1.807) is 79.8 Å². The zero-order valence-corrected chi connectivity index (χ0v) is 28.3. The third-order valence-corrected chi connectivity index (χ3v) is 9.48. The van der Waals surface area contributed by atoms with E-state index in [9.17, 15) is 32.7 Å². The van der Waals surface area contributed by atoms with Crippen LogP contribution in [0.25, 0.3) is 22.0 Å². The molecule has 0 radical (unpaired) electrons. The number of aryl methyl sites for hydroxylation is 1. The minimum absolute atomic E-state index is 0.0335. The zero-order valence-electron chi connectivity index (χ0n) is 27.5. The van der Waals surface area contributed by atoms with Crippen LogP contribution in [0.1, 0.15) is 57.5 Å². The SMILES string of the molecule is Cn1c(=O)c(C(=O)c2ccccc2)c2c3c(c(Nc4ccc(S(=O)O)c(NC(=O)CNCCCCCC(=O)O)c4)ccc31)C(=O)c1ccccc1-2. The van der Waals surface area contributed by atoms with Crippen molar-refractivity contribution in [1.29, 1.82) is 0 Å². The van der Waals surface area contributed by atoms with Crippen LogP contribution in [0.2, 0.25) is 0 Å². The summed E-state index contributed by atoms with van der Waals surface area (Å²) in [6.45, 7) is 0.407. The first kappa shape index (κ1) is 35.1. The fourth-order valence-electron chi connectivity index (χ4n) is 6.33. The van der Waals surface area contributed by atoms with E-state index in [0.29, 0.717) is 70.3 Å². The molecule has 0 saturated carbocycles. The molecule has 1 amide bonds. The molecular weight excluding hydrogens is 673 g/mol. The van der Waals surface area contributed by atoms with E-state index in [4.69, 9.17) is 5.11 Å². The van der Waals surface area contributed by atoms with Gasteiger partial charge in [0.2, 0.25) is 5.91 Å². The van der Waals surface area contributed by atoms with Crippen LogP contribution in [0, 0.1) is 0 Å². The number of pyridine rings is 1. The minimum atomic E-state index is -2.43. The lowest BCUT2D eigenvalue weighted by molar-refractivity contribution is -0.137. The van der Waals surface area contributed by atoms with Crippen molar-refractivity contribution in [3.63, 3.8) is 0 Å². The third-order valence-electron chi connectivity index (χ3n) is 8.74. The number of benzene rings is 4. The second-order valence-electron chi connectivity index (χ2n) is 12.1. The van der Waals surface area contributed by atoms with Gasteiger partial charge in [-0.1, -0.05) is 61.0 Å². The van der Waals surface area contributed by atoms with E-state index in [1.807, 2.05) is 0 Å². The molecule has 13 heteroatoms. The molecule has 0 saturated heterocycles. The third kappa shape index (κ3) is 7.13. The molecule has 1 aliphatic rings. The van der Waals surface area contributed by atoms with Crippen molar-refractivity contribution in [2.45, 2.75) is 30.6 Å². The molecule has 0 fully saturated rings. The predicted octanol–water partition coefficient (Wildman–Crippen LogP) is 5.48. The van der Waals surface area contributed by atoms with Gasteiger partial charge in [0.15, 0.2) is 22.6 Å². The quantitative estimate of drug-likeness (QED) is 0.0552. The normalized spacial score (nSPS) is 12.3. The fourth-order valence-corrected chi connectivity index (χ4v) is 6.82. The number of unbranched alkanes of at least 4 members (excludes halogenated alkanes) is 2. The van der Waals surface area contributed by atoms with Crippen LogP contribution >= 0.6 is 0 Å². The van der Waals surface area contributed by atoms with Gasteiger partial charge < -0.3 is 30.2 Å². The van der Waals surface area contributed by atoms with Gasteiger partial charge in [-0.25, -0.2) is 4.21 Å². The highest BCUT2D eigenvalue weighted by atomic mass is 32.2. The number of ketones is 2. The van der Waals surface area contributed by atoms with Gasteiger partial charge in [-0.15, -0.1) is 0 Å². The molecule has 5 aromatic rings. The van der Waals surface area contributed by atoms with Crippen LogP contribution in [-0.4, -0.2) is 55.0 Å². The number of carbonyl (C=O) groups is 4. The number of hydrogen-bond donors (Lipinski definition) is 5. The van der Waals surface area contributed by atoms with Gasteiger partial charge in [-0.05, 0) is 55.3 Å². The van der Waals surface area contributed by atoms with E-state index in [-0.39, 0.29) is 40.5 Å². The Hall–Kier alpha value is -5.76. The van der Waals surface area contributed by atoms with Crippen LogP contribution in [0.5, 0.6) is 0 Å². The number of hydrogen-bond acceptors (Lipinski definition) is 8. The maximum Gasteiger partial charge on any atom is 0.303 e. The first-order chi connectivity index (χ1) is 24.6. The van der Waals surface area contributed by atoms with Crippen LogP contribution in [-0.2, 0) is 27.7 Å². The van der Waals surface area contributed by atoms with Crippen molar-refractivity contribution in [2.24, 2.45) is 7.05 Å². The number of anilines is 3. The molecule has 5 N–H and O–H groups in total. The summed E-state index contributed by atoms with van der Waals surface area (Å²) in [4.78, 5) is 65.5. The molecule has 0 bridgehead atoms. The van der Waals surface area contributed by atoms with Crippen molar-refractivity contribution in [1.82, 2.24) is 9.88 Å². The van der Waals surface area contributed by atoms with Crippen molar-refractivity contribution in [3.05, 3.63) is 118 Å². The first-order valence-electron chi connectivity index (χ1n) is 16.2. The summed E-state index contributed by atoms with van der Waals surface area (Å²) in [7, 11) is 1.56. The number of carboxylic acid groups (broad SMARTS) is 1. The molecule has 1 aromatic heterocycles. The number of nitrogens with one attached hydrogen (secondary N) is 3. The number of amides is 1. The number of aliphatic carboxylic acids is 1. The summed E-state index contributed by atoms with van der Waals surface area (Å²) < 4.78 is 23.5. The van der Waals surface area contributed by atoms with Crippen LogP contribution in [0.4, 0.5) is 17.1 Å². The molecule has 1 heterocycles. The second-order valence-corrected chi connectivity index (χ2v) is 13.0. The van der Waals surface area contributed by atoms with E-state index in [2.05, 4.69) is 16.0 Å². The van der Waals surface area contributed by atoms with Gasteiger partial charge in [0.05, 0.1) is 39.5 Å². The number of nitrogens with zero attached hydrogens (tertiary/aromatic N) is 1. The predicted molar refractivity (Wildman–Crippen MR) is 194 cm³/mol. The lowest BCUT2D eigenvalue weighted by atomic mass is 9.80. The number of rotatable bonds is 14. The van der Waals surface area contributed by atoms with Gasteiger partial charge in [-0.2, -0.15) is 0 Å². The van der Waals surface area contributed by atoms with E-state index < -0.39 is 34.3 Å². The van der Waals surface area contributed by atoms with Crippen LogP contribution < -0.4 is 21.5 Å². The molecule has 6 rings (SSSR count). The van der Waals surface area contributed by atoms with Crippen LogP contribution in [0.3, 0.4) is 0 Å². The van der Waals surface area contributed by atoms with Crippen molar-refractivity contribution >= 4 is 62.5 Å². The van der Waals surface area contributed by atoms with Gasteiger partial charge >= 0.3 is 5.97 Å². The van der Waals surface area contributed by atoms with E-state index >= 15 is 0 Å². The highest BCUT2D eigenvalue weighted by Gasteiger charge is 2.34. The molecule has 0 spiro atoms. The smallest absolute Gasteiger partial charge is 0.303 e. The maximum absolute atomic E-state index is 14.2. The van der Waals surface area contributed by atoms with Crippen molar-refractivity contribution < 1.29 is 33.0 Å². The van der Waals surface area contributed by atoms with Gasteiger partial charge in [0.1, 0.15) is 0 Å². The Bertz CT molecular complexity index is 2300. The van der Waals surface area contributed by atoms with Gasteiger partial charge in [0.25, 0.3) is 5.56 Å². The Morgan fingerprint density at radius 2 is 1.55 bits per heavy atom. The summed E-state index contributed by atoms with van der Waals surface area (Å²) in [5.74, 6) is -2.10. The highest BCUT2D eigenvalue weighted by Crippen LogP contribution is 2.44. The Kier molecular flexibility index (Phi) is 10.3. The van der Waals surface area contributed by atoms with Gasteiger partial charge in [0, 0.05) is 41.2 Å². The summed E-state index contributed by atoms with van der Waals surface area (Å²) in [6, 6.07) is 23.1. The molecule has 1 atom stereocenters. The molecule has 0 aliphatic heterocycles. The van der Waals surface area contributed by atoms with Crippen molar-refractivity contribution in [3.8, 4) is 11.1 Å². The first-order valence-corrected chi connectivity index (χ1v) is 17.3. The molecular formula is C38H34N4O8S. The maximum atomic E-state index is 14.2. The molecule has 12 nitrogen and oxygen atoms in total. The molecule has 1 aliphatic carbocycles. The zero-order chi connectivity index (χ0) is 36.2. The number of carboxylic acids is 1. The monoisotopic (exact) mass is 706 g/mol. The average Bonchev–Trinajstić information content (AvgIpc) is 3.12. The average molecular weight is 707 g/mol. The Morgan fingerprint density at radius 3 is 2.27 bits per heavy atom. The number of fused-ring (bicyclic) bond motifs is 2. The Balaban J connectivity index is 1.37. The lowest BCUT2D eigenvalue weighted by Gasteiger charge is -2.25. The Labute approximate surface area is 294 Å². The Morgan fingerprint density at radius 1 is 0.824 bits per heavy atom. The van der Waals surface area contributed by atoms with E-state index in [0.717, 1.165) is 0 Å². The highest BCUT2D eigenvalue weighted by molar-refractivity contribution is 7.79. The number of carbonyl (C=O) groups excluding carboxylic acids is 3. The summed E-state index contributed by atoms with van der Waals surface area (Å²) >= 11 is -2.43.